The summed E-state index contributed by atoms with van der Waals surface area (Å²) in [6.45, 7) is 1.17. The van der Waals surface area contributed by atoms with E-state index in [4.69, 9.17) is 4.42 Å². The molecule has 1 aromatic carbocycles. The van der Waals surface area contributed by atoms with E-state index >= 15 is 0 Å². The Morgan fingerprint density at radius 2 is 2.15 bits per heavy atom. The van der Waals surface area contributed by atoms with Crippen molar-refractivity contribution in [2.24, 2.45) is 0 Å². The third kappa shape index (κ3) is 3.69. The molecule has 0 saturated carbocycles. The SMILES string of the molecule is Cc1nc2cc(Br)cc(NS(=O)(=O)CCCCF)c2o1. The summed E-state index contributed by atoms with van der Waals surface area (Å²) in [4.78, 5) is 4.16. The number of halogens is 2. The third-order valence-corrected chi connectivity index (χ3v) is 4.44. The maximum atomic E-state index is 12.0. The van der Waals surface area contributed by atoms with Crippen molar-refractivity contribution in [2.75, 3.05) is 17.1 Å². The molecule has 0 spiro atoms. The maximum Gasteiger partial charge on any atom is 0.232 e. The highest BCUT2D eigenvalue weighted by atomic mass is 79.9. The van der Waals surface area contributed by atoms with Gasteiger partial charge in [0, 0.05) is 11.4 Å². The number of nitrogens with zero attached hydrogens (tertiary/aromatic N) is 1. The highest BCUT2D eigenvalue weighted by molar-refractivity contribution is 9.10. The van der Waals surface area contributed by atoms with E-state index in [1.807, 2.05) is 0 Å². The first-order valence-electron chi connectivity index (χ1n) is 6.04. The lowest BCUT2D eigenvalue weighted by Gasteiger charge is -2.08. The van der Waals surface area contributed by atoms with E-state index < -0.39 is 16.7 Å². The van der Waals surface area contributed by atoms with E-state index in [1.54, 1.807) is 19.1 Å². The molecule has 0 radical (unpaired) electrons. The summed E-state index contributed by atoms with van der Waals surface area (Å²) >= 11 is 3.30. The van der Waals surface area contributed by atoms with Crippen LogP contribution in [0.3, 0.4) is 0 Å². The molecule has 0 amide bonds. The number of fused-ring (bicyclic) bond motifs is 1. The molecular weight excluding hydrogens is 351 g/mol. The van der Waals surface area contributed by atoms with Crippen LogP contribution < -0.4 is 4.72 Å². The number of oxazole rings is 1. The van der Waals surface area contributed by atoms with Crippen LogP contribution in [0, 0.1) is 6.92 Å². The molecule has 1 heterocycles. The summed E-state index contributed by atoms with van der Waals surface area (Å²) in [5.41, 5.74) is 1.29. The zero-order valence-corrected chi connectivity index (χ0v) is 13.2. The molecule has 0 saturated heterocycles. The normalized spacial score (nSPS) is 11.9. The fourth-order valence-electron chi connectivity index (χ4n) is 1.79. The van der Waals surface area contributed by atoms with E-state index in [2.05, 4.69) is 25.6 Å². The predicted molar refractivity (Wildman–Crippen MR) is 79.1 cm³/mol. The summed E-state index contributed by atoms with van der Waals surface area (Å²) in [5.74, 6) is 0.328. The lowest BCUT2D eigenvalue weighted by atomic mass is 10.3. The molecule has 2 rings (SSSR count). The number of sulfonamides is 1. The van der Waals surface area contributed by atoms with Crippen molar-refractivity contribution in [1.82, 2.24) is 4.98 Å². The fraction of sp³-hybridized carbons (Fsp3) is 0.417. The van der Waals surface area contributed by atoms with Crippen LogP contribution in [0.4, 0.5) is 10.1 Å². The average molecular weight is 365 g/mol. The van der Waals surface area contributed by atoms with E-state index in [9.17, 15) is 12.8 Å². The van der Waals surface area contributed by atoms with Gasteiger partial charge in [0.25, 0.3) is 0 Å². The van der Waals surface area contributed by atoms with Crippen molar-refractivity contribution in [3.05, 3.63) is 22.5 Å². The van der Waals surface area contributed by atoms with Crippen LogP contribution in [-0.4, -0.2) is 25.8 Å². The van der Waals surface area contributed by atoms with Gasteiger partial charge in [0.15, 0.2) is 11.5 Å². The molecule has 1 aromatic heterocycles. The monoisotopic (exact) mass is 364 g/mol. The van der Waals surface area contributed by atoms with Crippen molar-refractivity contribution in [1.29, 1.82) is 0 Å². The standard InChI is InChI=1S/C12H14BrFN2O3S/c1-8-15-10-6-9(13)7-11(12(10)19-8)16-20(17,18)5-3-2-4-14/h6-7,16H,2-5H2,1H3. The van der Waals surface area contributed by atoms with Crippen LogP contribution in [0.1, 0.15) is 18.7 Å². The summed E-state index contributed by atoms with van der Waals surface area (Å²) in [7, 11) is -3.53. The van der Waals surface area contributed by atoms with Crippen molar-refractivity contribution >= 4 is 42.7 Å². The van der Waals surface area contributed by atoms with E-state index in [-0.39, 0.29) is 18.6 Å². The Morgan fingerprint density at radius 1 is 1.40 bits per heavy atom. The third-order valence-electron chi connectivity index (χ3n) is 2.62. The minimum Gasteiger partial charge on any atom is -0.439 e. The van der Waals surface area contributed by atoms with Crippen LogP contribution in [-0.2, 0) is 10.0 Å². The van der Waals surface area contributed by atoms with Crippen molar-refractivity contribution in [3.63, 3.8) is 0 Å². The number of hydrogen-bond acceptors (Lipinski definition) is 4. The zero-order chi connectivity index (χ0) is 14.8. The first-order valence-corrected chi connectivity index (χ1v) is 8.49. The van der Waals surface area contributed by atoms with Gasteiger partial charge in [-0.25, -0.2) is 13.4 Å². The molecule has 2 aromatic rings. The van der Waals surface area contributed by atoms with Crippen molar-refractivity contribution in [2.45, 2.75) is 19.8 Å². The summed E-state index contributed by atoms with van der Waals surface area (Å²) in [6, 6.07) is 3.35. The minimum absolute atomic E-state index is 0.127. The van der Waals surface area contributed by atoms with E-state index in [0.717, 1.165) is 0 Å². The van der Waals surface area contributed by atoms with Gasteiger partial charge >= 0.3 is 0 Å². The predicted octanol–water partition coefficient (Wildman–Crippen LogP) is 3.39. The van der Waals surface area contributed by atoms with Crippen molar-refractivity contribution in [3.8, 4) is 0 Å². The first kappa shape index (κ1) is 15.2. The van der Waals surface area contributed by atoms with Gasteiger partial charge in [-0.3, -0.25) is 9.11 Å². The minimum atomic E-state index is -3.53. The molecule has 8 heteroatoms. The number of rotatable bonds is 6. The van der Waals surface area contributed by atoms with Gasteiger partial charge in [-0.15, -0.1) is 0 Å². The smallest absolute Gasteiger partial charge is 0.232 e. The second kappa shape index (κ2) is 6.09. The topological polar surface area (TPSA) is 72.2 Å². The number of benzene rings is 1. The fourth-order valence-corrected chi connectivity index (χ4v) is 3.41. The molecule has 0 atom stereocenters. The van der Waals surface area contributed by atoms with Gasteiger partial charge in [-0.2, -0.15) is 0 Å². The van der Waals surface area contributed by atoms with Crippen molar-refractivity contribution < 1.29 is 17.2 Å². The van der Waals surface area contributed by atoms with Crippen LogP contribution in [0.5, 0.6) is 0 Å². The lowest BCUT2D eigenvalue weighted by Crippen LogP contribution is -2.17. The highest BCUT2D eigenvalue weighted by Gasteiger charge is 2.16. The number of unbranched alkanes of at least 4 members (excludes halogenated alkanes) is 1. The Labute approximate surface area is 124 Å². The lowest BCUT2D eigenvalue weighted by molar-refractivity contribution is 0.468. The molecule has 1 N–H and O–H groups in total. The molecule has 0 bridgehead atoms. The second-order valence-electron chi connectivity index (χ2n) is 4.35. The summed E-state index contributed by atoms with van der Waals surface area (Å²) in [6.07, 6.45) is 0.509. The van der Waals surface area contributed by atoms with Crippen LogP contribution in [0.15, 0.2) is 21.0 Å². The van der Waals surface area contributed by atoms with E-state index in [1.165, 1.54) is 0 Å². The first-order chi connectivity index (χ1) is 9.41. The molecule has 0 aliphatic carbocycles. The number of anilines is 1. The quantitative estimate of drug-likeness (QED) is 0.797. The van der Waals surface area contributed by atoms with Crippen LogP contribution >= 0.6 is 15.9 Å². The summed E-state index contributed by atoms with van der Waals surface area (Å²) < 4.78 is 44.4. The largest absolute Gasteiger partial charge is 0.439 e. The molecule has 0 aliphatic rings. The molecule has 0 aliphatic heterocycles. The van der Waals surface area contributed by atoms with Gasteiger partial charge in [-0.1, -0.05) is 15.9 Å². The molecule has 5 nitrogen and oxygen atoms in total. The molecule has 110 valence electrons. The Balaban J connectivity index is 2.28. The number of aryl methyl sites for hydroxylation is 1. The van der Waals surface area contributed by atoms with Gasteiger partial charge < -0.3 is 4.42 Å². The zero-order valence-electron chi connectivity index (χ0n) is 10.8. The number of nitrogens with one attached hydrogen (secondary N) is 1. The Bertz CT molecular complexity index is 715. The Kier molecular flexibility index (Phi) is 4.64. The maximum absolute atomic E-state index is 12.0. The summed E-state index contributed by atoms with van der Waals surface area (Å²) in [5, 5.41) is 0. The number of alkyl halides is 1. The number of aromatic nitrogens is 1. The Morgan fingerprint density at radius 3 is 2.85 bits per heavy atom. The van der Waals surface area contributed by atoms with Crippen LogP contribution in [0.2, 0.25) is 0 Å². The van der Waals surface area contributed by atoms with Gasteiger partial charge in [-0.05, 0) is 25.0 Å². The van der Waals surface area contributed by atoms with E-state index in [0.29, 0.717) is 27.2 Å². The molecule has 0 fully saturated rings. The average Bonchev–Trinajstić information content (AvgIpc) is 2.69. The van der Waals surface area contributed by atoms with Gasteiger partial charge in [0.1, 0.15) is 5.52 Å². The van der Waals surface area contributed by atoms with Crippen LogP contribution in [0.25, 0.3) is 11.1 Å². The van der Waals surface area contributed by atoms with Gasteiger partial charge in [0.2, 0.25) is 10.0 Å². The molecule has 0 unspecified atom stereocenters. The Hall–Kier alpha value is -1.15. The molecule has 20 heavy (non-hydrogen) atoms. The highest BCUT2D eigenvalue weighted by Crippen LogP contribution is 2.29. The number of hydrogen-bond donors (Lipinski definition) is 1. The van der Waals surface area contributed by atoms with Gasteiger partial charge in [0.05, 0.1) is 18.1 Å². The molecular formula is C12H14BrFN2O3S. The second-order valence-corrected chi connectivity index (χ2v) is 7.11.